The van der Waals surface area contributed by atoms with E-state index in [0.717, 1.165) is 16.0 Å². The third-order valence-electron chi connectivity index (χ3n) is 5.06. The van der Waals surface area contributed by atoms with Crippen molar-refractivity contribution in [3.8, 4) is 5.75 Å². The Balaban J connectivity index is 1.78. The van der Waals surface area contributed by atoms with Gasteiger partial charge in [-0.05, 0) is 42.7 Å². The molecule has 0 bridgehead atoms. The maximum atomic E-state index is 13.1. The van der Waals surface area contributed by atoms with E-state index < -0.39 is 17.9 Å². The molecule has 0 aromatic heterocycles. The molecule has 7 nitrogen and oxygen atoms in total. The number of carbonyl (C=O) groups is 3. The summed E-state index contributed by atoms with van der Waals surface area (Å²) in [7, 11) is 1.54. The number of hydrogen-bond donors (Lipinski definition) is 2. The lowest BCUT2D eigenvalue weighted by molar-refractivity contribution is -0.133. The van der Waals surface area contributed by atoms with Gasteiger partial charge in [-0.3, -0.25) is 14.5 Å². The number of nitrogens with one attached hydrogen (secondary N) is 2. The van der Waals surface area contributed by atoms with Gasteiger partial charge in [0.25, 0.3) is 0 Å². The van der Waals surface area contributed by atoms with E-state index in [-0.39, 0.29) is 31.5 Å². The first-order chi connectivity index (χ1) is 14.4. The Bertz CT molecular complexity index is 935. The molecule has 8 heteroatoms. The molecule has 158 valence electrons. The average molecular weight is 430 g/mol. The number of hydrogen-bond acceptors (Lipinski definition) is 4. The molecule has 3 rings (SSSR count). The highest BCUT2D eigenvalue weighted by molar-refractivity contribution is 6.30. The average Bonchev–Trinajstić information content (AvgIpc) is 2.88. The molecule has 1 aliphatic rings. The fraction of sp³-hybridized carbons (Fsp3) is 0.318. The highest BCUT2D eigenvalue weighted by Crippen LogP contribution is 2.26. The van der Waals surface area contributed by atoms with Crippen LogP contribution in [-0.4, -0.2) is 42.9 Å². The second-order valence-corrected chi connectivity index (χ2v) is 7.60. The molecule has 2 atom stereocenters. The van der Waals surface area contributed by atoms with Crippen molar-refractivity contribution in [2.24, 2.45) is 5.92 Å². The Labute approximate surface area is 180 Å². The Hall–Kier alpha value is -3.06. The minimum absolute atomic E-state index is 0.130. The van der Waals surface area contributed by atoms with Crippen molar-refractivity contribution in [1.82, 2.24) is 15.5 Å². The van der Waals surface area contributed by atoms with E-state index in [9.17, 15) is 14.4 Å². The smallest absolute Gasteiger partial charge is 0.325 e. The van der Waals surface area contributed by atoms with E-state index in [2.05, 4.69) is 10.6 Å². The number of benzene rings is 2. The molecule has 0 radical (unpaired) electrons. The molecule has 0 saturated carbocycles. The van der Waals surface area contributed by atoms with Crippen molar-refractivity contribution in [3.05, 3.63) is 64.7 Å². The molecule has 1 aliphatic heterocycles. The number of amides is 4. The summed E-state index contributed by atoms with van der Waals surface area (Å²) in [5.41, 5.74) is 1.63. The van der Waals surface area contributed by atoms with Crippen LogP contribution in [0.25, 0.3) is 0 Å². The van der Waals surface area contributed by atoms with Gasteiger partial charge in [0.15, 0.2) is 0 Å². The normalized spacial score (nSPS) is 17.7. The van der Waals surface area contributed by atoms with Crippen LogP contribution in [0.2, 0.25) is 5.02 Å². The molecule has 1 saturated heterocycles. The van der Waals surface area contributed by atoms with Crippen LogP contribution in [0, 0.1) is 5.92 Å². The zero-order valence-electron chi connectivity index (χ0n) is 16.9. The summed E-state index contributed by atoms with van der Waals surface area (Å²) in [6.07, 6.45) is 0.279. The number of ether oxygens (including phenoxy) is 1. The van der Waals surface area contributed by atoms with Gasteiger partial charge in [-0.15, -0.1) is 0 Å². The van der Waals surface area contributed by atoms with Gasteiger partial charge < -0.3 is 15.4 Å². The maximum Gasteiger partial charge on any atom is 0.325 e. The van der Waals surface area contributed by atoms with Crippen LogP contribution >= 0.6 is 11.6 Å². The molecule has 1 fully saturated rings. The van der Waals surface area contributed by atoms with Crippen LogP contribution < -0.4 is 15.4 Å². The Morgan fingerprint density at radius 2 is 2.00 bits per heavy atom. The van der Waals surface area contributed by atoms with Gasteiger partial charge in [-0.1, -0.05) is 41.9 Å². The maximum absolute atomic E-state index is 13.1. The first kappa shape index (κ1) is 21.6. The van der Waals surface area contributed by atoms with E-state index in [0.29, 0.717) is 10.8 Å². The fourth-order valence-corrected chi connectivity index (χ4v) is 3.61. The standard InChI is InChI=1S/C22H24ClN3O4/c1-14(15-6-4-3-5-7-15)25-22(29)26-13-20(27)24-12-17(21(26)28)10-16-11-18(23)8-9-19(16)30-2/h3-9,11,14,17H,10,12-13H2,1-2H3,(H,24,27)(H,25,29)/t14-,17?/m0/s1. The largest absolute Gasteiger partial charge is 0.496 e. The zero-order chi connectivity index (χ0) is 21.7. The molecule has 4 amide bonds. The van der Waals surface area contributed by atoms with Gasteiger partial charge in [0, 0.05) is 11.6 Å². The van der Waals surface area contributed by atoms with Crippen molar-refractivity contribution in [1.29, 1.82) is 0 Å². The predicted molar refractivity (Wildman–Crippen MR) is 113 cm³/mol. The lowest BCUT2D eigenvalue weighted by Crippen LogP contribution is -2.48. The first-order valence-electron chi connectivity index (χ1n) is 9.65. The zero-order valence-corrected chi connectivity index (χ0v) is 17.6. The monoisotopic (exact) mass is 429 g/mol. The lowest BCUT2D eigenvalue weighted by Gasteiger charge is -2.24. The second-order valence-electron chi connectivity index (χ2n) is 7.17. The SMILES string of the molecule is COc1ccc(Cl)cc1CC1CNC(=O)CN(C(=O)N[C@@H](C)c2ccccc2)C1=O. The van der Waals surface area contributed by atoms with Gasteiger partial charge in [-0.25, -0.2) is 4.79 Å². The molecule has 30 heavy (non-hydrogen) atoms. The minimum atomic E-state index is -0.624. The molecule has 2 aromatic rings. The number of carbonyl (C=O) groups excluding carboxylic acids is 3. The third-order valence-corrected chi connectivity index (χ3v) is 5.29. The molecule has 0 spiro atoms. The van der Waals surface area contributed by atoms with Gasteiger partial charge in [0.2, 0.25) is 11.8 Å². The van der Waals surface area contributed by atoms with Crippen LogP contribution in [0.15, 0.2) is 48.5 Å². The van der Waals surface area contributed by atoms with Crippen LogP contribution in [0.1, 0.15) is 24.1 Å². The molecular formula is C22H24ClN3O4. The Morgan fingerprint density at radius 3 is 2.70 bits per heavy atom. The van der Waals surface area contributed by atoms with Crippen molar-refractivity contribution in [2.75, 3.05) is 20.2 Å². The van der Waals surface area contributed by atoms with E-state index in [1.807, 2.05) is 37.3 Å². The number of nitrogens with zero attached hydrogens (tertiary/aromatic N) is 1. The van der Waals surface area contributed by atoms with E-state index >= 15 is 0 Å². The summed E-state index contributed by atoms with van der Waals surface area (Å²) in [6, 6.07) is 13.6. The van der Waals surface area contributed by atoms with Gasteiger partial charge >= 0.3 is 6.03 Å². The summed E-state index contributed by atoms with van der Waals surface area (Å²) in [4.78, 5) is 39.1. The highest BCUT2D eigenvalue weighted by Gasteiger charge is 2.34. The van der Waals surface area contributed by atoms with Gasteiger partial charge in [-0.2, -0.15) is 0 Å². The summed E-state index contributed by atoms with van der Waals surface area (Å²) >= 11 is 6.09. The summed E-state index contributed by atoms with van der Waals surface area (Å²) in [6.45, 7) is 1.63. The fourth-order valence-electron chi connectivity index (χ4n) is 3.41. The van der Waals surface area contributed by atoms with Crippen molar-refractivity contribution < 1.29 is 19.1 Å². The number of urea groups is 1. The number of methoxy groups -OCH3 is 1. The third kappa shape index (κ3) is 5.10. The molecule has 2 aromatic carbocycles. The van der Waals surface area contributed by atoms with E-state index in [1.54, 1.807) is 18.2 Å². The van der Waals surface area contributed by atoms with Crippen molar-refractivity contribution in [3.63, 3.8) is 0 Å². The molecule has 1 unspecified atom stereocenters. The van der Waals surface area contributed by atoms with Crippen molar-refractivity contribution >= 4 is 29.4 Å². The second kappa shape index (κ2) is 9.63. The lowest BCUT2D eigenvalue weighted by atomic mass is 9.97. The Kier molecular flexibility index (Phi) is 6.95. The predicted octanol–water partition coefficient (Wildman–Crippen LogP) is 2.94. The number of halogens is 1. The van der Waals surface area contributed by atoms with Gasteiger partial charge in [0.05, 0.1) is 19.1 Å². The molecular weight excluding hydrogens is 406 g/mol. The summed E-state index contributed by atoms with van der Waals surface area (Å²) < 4.78 is 5.36. The first-order valence-corrected chi connectivity index (χ1v) is 10.0. The van der Waals surface area contributed by atoms with Crippen LogP contribution in [0.4, 0.5) is 4.79 Å². The summed E-state index contributed by atoms with van der Waals surface area (Å²) in [5, 5.41) is 6.03. The van der Waals surface area contributed by atoms with Crippen molar-refractivity contribution in [2.45, 2.75) is 19.4 Å². The molecule has 0 aliphatic carbocycles. The number of rotatable bonds is 5. The number of imide groups is 1. The quantitative estimate of drug-likeness (QED) is 0.764. The highest BCUT2D eigenvalue weighted by atomic mass is 35.5. The molecule has 1 heterocycles. The topological polar surface area (TPSA) is 87.7 Å². The summed E-state index contributed by atoms with van der Waals surface area (Å²) in [5.74, 6) is -0.836. The van der Waals surface area contributed by atoms with Crippen LogP contribution in [0.3, 0.4) is 0 Å². The minimum Gasteiger partial charge on any atom is -0.496 e. The van der Waals surface area contributed by atoms with Gasteiger partial charge in [0.1, 0.15) is 12.3 Å². The van der Waals surface area contributed by atoms with Crippen LogP contribution in [-0.2, 0) is 16.0 Å². The van der Waals surface area contributed by atoms with E-state index in [1.165, 1.54) is 7.11 Å². The van der Waals surface area contributed by atoms with Crippen LogP contribution in [0.5, 0.6) is 5.75 Å². The van der Waals surface area contributed by atoms with E-state index in [4.69, 9.17) is 16.3 Å². The Morgan fingerprint density at radius 1 is 1.27 bits per heavy atom. The molecule has 2 N–H and O–H groups in total.